The van der Waals surface area contributed by atoms with Crippen molar-refractivity contribution >= 4 is 23.2 Å². The minimum Gasteiger partial charge on any atom is -0.378 e. The third kappa shape index (κ3) is 9.95. The van der Waals surface area contributed by atoms with Crippen LogP contribution in [-0.2, 0) is 36.5 Å². The van der Waals surface area contributed by atoms with Crippen LogP contribution in [0, 0.1) is 50.4 Å². The van der Waals surface area contributed by atoms with E-state index in [2.05, 4.69) is 105 Å². The molecule has 4 aliphatic rings. The quantitative estimate of drug-likeness (QED) is 0.113. The van der Waals surface area contributed by atoms with Crippen molar-refractivity contribution in [1.82, 2.24) is 9.97 Å². The van der Waals surface area contributed by atoms with Gasteiger partial charge in [0, 0.05) is 34.4 Å². The van der Waals surface area contributed by atoms with Gasteiger partial charge < -0.3 is 20.8 Å². The van der Waals surface area contributed by atoms with Crippen LogP contribution in [0.4, 0.5) is 11.4 Å². The molecule has 0 bridgehead atoms. The van der Waals surface area contributed by atoms with E-state index in [4.69, 9.17) is 12.8 Å². The number of nitrogens with one attached hydrogen (secondary N) is 2. The summed E-state index contributed by atoms with van der Waals surface area (Å²) in [4.78, 5) is 34.8. The SMILES string of the molecule is C#C[C@@]1(O)CC[C@]2(Cc3ccccc3)c3ccc(C(=O)Nc4cccnc4C)cc3CCC[C@@H]2C1.C#C[C@]1(O)CC[C@@]2(Cc3ccccc3)c3ccc(C(=O)Nc4cccnc4C)cc3CCC[C@H]2C1. The summed E-state index contributed by atoms with van der Waals surface area (Å²) in [6.07, 6.45) is 26.8. The third-order valence-electron chi connectivity index (χ3n) is 16.3. The molecule has 0 saturated heterocycles. The molecule has 70 heavy (non-hydrogen) atoms. The molecule has 2 fully saturated rings. The van der Waals surface area contributed by atoms with Crippen molar-refractivity contribution in [2.75, 3.05) is 10.6 Å². The van der Waals surface area contributed by atoms with E-state index in [-0.39, 0.29) is 34.5 Å². The number of hydrogen-bond donors (Lipinski definition) is 4. The second-order valence-electron chi connectivity index (χ2n) is 20.5. The average Bonchev–Trinajstić information content (AvgIpc) is 3.62. The summed E-state index contributed by atoms with van der Waals surface area (Å²) in [6, 6.07) is 41.0. The molecule has 6 aromatic rings. The molecule has 8 heteroatoms. The molecule has 356 valence electrons. The fraction of sp³-hybridized carbons (Fsp3) is 0.355. The smallest absolute Gasteiger partial charge is 0.255 e. The first-order valence-electron chi connectivity index (χ1n) is 25.1. The fourth-order valence-electron chi connectivity index (χ4n) is 12.5. The number of terminal acetylenes is 2. The lowest BCUT2D eigenvalue weighted by atomic mass is 9.56. The Labute approximate surface area is 413 Å². The number of aliphatic hydroxyl groups is 2. The van der Waals surface area contributed by atoms with Crippen LogP contribution in [0.15, 0.2) is 134 Å². The van der Waals surface area contributed by atoms with E-state index in [0.717, 1.165) is 87.0 Å². The lowest BCUT2D eigenvalue weighted by molar-refractivity contribution is -0.00366. The first-order valence-corrected chi connectivity index (χ1v) is 25.1. The Morgan fingerprint density at radius 3 is 1.39 bits per heavy atom. The van der Waals surface area contributed by atoms with E-state index in [1.807, 2.05) is 62.4 Å². The zero-order chi connectivity index (χ0) is 48.9. The van der Waals surface area contributed by atoms with E-state index in [1.54, 1.807) is 12.4 Å². The number of nitrogens with zero attached hydrogens (tertiary/aromatic N) is 2. The second kappa shape index (κ2) is 20.2. The highest BCUT2D eigenvalue weighted by Crippen LogP contribution is 2.55. The van der Waals surface area contributed by atoms with Gasteiger partial charge in [-0.3, -0.25) is 19.6 Å². The van der Waals surface area contributed by atoms with Gasteiger partial charge in [0.25, 0.3) is 11.8 Å². The summed E-state index contributed by atoms with van der Waals surface area (Å²) in [7, 11) is 0. The zero-order valence-electron chi connectivity index (χ0n) is 40.5. The molecule has 0 radical (unpaired) electrons. The summed E-state index contributed by atoms with van der Waals surface area (Å²) in [6.45, 7) is 3.78. The van der Waals surface area contributed by atoms with E-state index in [9.17, 15) is 19.8 Å². The fourth-order valence-corrected chi connectivity index (χ4v) is 12.5. The molecule has 2 heterocycles. The Hall–Kier alpha value is -6.84. The Morgan fingerprint density at radius 1 is 0.586 bits per heavy atom. The maximum absolute atomic E-state index is 13.1. The number of amides is 2. The molecule has 0 aliphatic heterocycles. The zero-order valence-corrected chi connectivity index (χ0v) is 40.5. The van der Waals surface area contributed by atoms with Crippen molar-refractivity contribution < 1.29 is 19.8 Å². The summed E-state index contributed by atoms with van der Waals surface area (Å²) >= 11 is 0. The predicted octanol–water partition coefficient (Wildman–Crippen LogP) is 11.2. The van der Waals surface area contributed by atoms with E-state index >= 15 is 0 Å². The van der Waals surface area contributed by atoms with E-state index < -0.39 is 11.2 Å². The maximum Gasteiger partial charge on any atom is 0.255 e. The van der Waals surface area contributed by atoms with Crippen LogP contribution >= 0.6 is 0 Å². The van der Waals surface area contributed by atoms with Crippen LogP contribution in [0.1, 0.15) is 130 Å². The van der Waals surface area contributed by atoms with Crippen molar-refractivity contribution in [2.24, 2.45) is 11.8 Å². The molecular formula is C62H64N4O4. The molecule has 10 rings (SSSR count). The van der Waals surface area contributed by atoms with E-state index in [1.165, 1.54) is 33.4 Å². The molecule has 2 saturated carbocycles. The Kier molecular flexibility index (Phi) is 13.9. The number of carbonyl (C=O) groups excluding carboxylic acids is 2. The Balaban J connectivity index is 0.000000174. The van der Waals surface area contributed by atoms with Gasteiger partial charge in [0.15, 0.2) is 0 Å². The molecule has 4 aromatic carbocycles. The van der Waals surface area contributed by atoms with Gasteiger partial charge in [-0.05, 0) is 197 Å². The summed E-state index contributed by atoms with van der Waals surface area (Å²) in [5, 5.41) is 28.1. The molecule has 0 spiro atoms. The molecule has 4 N–H and O–H groups in total. The number of anilines is 2. The highest BCUT2D eigenvalue weighted by atomic mass is 16.3. The van der Waals surface area contributed by atoms with Crippen LogP contribution in [0.2, 0.25) is 0 Å². The molecule has 0 unspecified atom stereocenters. The third-order valence-corrected chi connectivity index (χ3v) is 16.3. The molecule has 8 nitrogen and oxygen atoms in total. The summed E-state index contributed by atoms with van der Waals surface area (Å²) in [5.41, 5.74) is 9.81. The van der Waals surface area contributed by atoms with Crippen molar-refractivity contribution in [3.63, 3.8) is 0 Å². The normalized spacial score (nSPS) is 25.5. The van der Waals surface area contributed by atoms with Crippen LogP contribution in [-0.4, -0.2) is 43.2 Å². The lowest BCUT2D eigenvalue weighted by Gasteiger charge is -2.49. The lowest BCUT2D eigenvalue weighted by Crippen LogP contribution is -2.48. The van der Waals surface area contributed by atoms with Gasteiger partial charge in [0.2, 0.25) is 0 Å². The number of rotatable bonds is 8. The minimum absolute atomic E-state index is 0.106. The average molecular weight is 929 g/mol. The topological polar surface area (TPSA) is 124 Å². The number of benzene rings is 4. The standard InChI is InChI=1S/2C31H32N2O2/c2*1-3-30(35)16-17-31(20-23-9-5-4-6-10-23)26(21-30)12-7-11-24-19-25(14-15-27(24)31)29(34)33-28-13-8-18-32-22(28)2/h2*1,4-6,8-10,13-15,18-19,26,35H,7,11-12,16-17,20-21H2,2H3,(H,33,34)/t2*26-,30-,31-/m10/s1. The number of aromatic nitrogens is 2. The van der Waals surface area contributed by atoms with Gasteiger partial charge in [-0.25, -0.2) is 0 Å². The van der Waals surface area contributed by atoms with Gasteiger partial charge in [0.05, 0.1) is 22.8 Å². The van der Waals surface area contributed by atoms with Gasteiger partial charge in [-0.2, -0.15) is 0 Å². The molecule has 2 amide bonds. The van der Waals surface area contributed by atoms with Crippen molar-refractivity contribution in [1.29, 1.82) is 0 Å². The van der Waals surface area contributed by atoms with Gasteiger partial charge in [-0.15, -0.1) is 12.8 Å². The number of aryl methyl sites for hydroxylation is 4. The van der Waals surface area contributed by atoms with Crippen LogP contribution in [0.25, 0.3) is 0 Å². The molecule has 2 aromatic heterocycles. The summed E-state index contributed by atoms with van der Waals surface area (Å²) < 4.78 is 0. The summed E-state index contributed by atoms with van der Waals surface area (Å²) in [5.74, 6) is 5.72. The predicted molar refractivity (Wildman–Crippen MR) is 279 cm³/mol. The first kappa shape index (κ1) is 48.2. The molecular weight excluding hydrogens is 865 g/mol. The minimum atomic E-state index is -1.03. The largest absolute Gasteiger partial charge is 0.378 e. The number of hydrogen-bond acceptors (Lipinski definition) is 6. The highest BCUT2D eigenvalue weighted by Gasteiger charge is 2.52. The molecule has 6 atom stereocenters. The first-order chi connectivity index (χ1) is 33.8. The van der Waals surface area contributed by atoms with Gasteiger partial charge >= 0.3 is 0 Å². The van der Waals surface area contributed by atoms with Gasteiger partial charge in [-0.1, -0.05) is 84.6 Å². The maximum atomic E-state index is 13.1. The van der Waals surface area contributed by atoms with Crippen molar-refractivity contribution in [2.45, 2.75) is 126 Å². The van der Waals surface area contributed by atoms with Crippen LogP contribution < -0.4 is 10.6 Å². The molecule has 4 aliphatic carbocycles. The Bertz CT molecular complexity index is 2760. The number of fused-ring (bicyclic) bond motifs is 6. The van der Waals surface area contributed by atoms with Crippen molar-refractivity contribution in [3.8, 4) is 24.7 Å². The van der Waals surface area contributed by atoms with Crippen molar-refractivity contribution in [3.05, 3.63) is 190 Å². The van der Waals surface area contributed by atoms with Crippen LogP contribution in [0.5, 0.6) is 0 Å². The second-order valence-corrected chi connectivity index (χ2v) is 20.5. The monoisotopic (exact) mass is 928 g/mol. The van der Waals surface area contributed by atoms with E-state index in [0.29, 0.717) is 36.8 Å². The number of carbonyl (C=O) groups is 2. The van der Waals surface area contributed by atoms with Crippen LogP contribution in [0.3, 0.4) is 0 Å². The Morgan fingerprint density at radius 2 is 1.00 bits per heavy atom. The van der Waals surface area contributed by atoms with Gasteiger partial charge in [0.1, 0.15) is 11.2 Å². The number of pyridine rings is 2. The highest BCUT2D eigenvalue weighted by molar-refractivity contribution is 6.05.